The van der Waals surface area contributed by atoms with Crippen molar-refractivity contribution in [2.45, 2.75) is 19.9 Å². The van der Waals surface area contributed by atoms with Crippen LogP contribution in [0.2, 0.25) is 0 Å². The molecule has 0 aliphatic heterocycles. The first kappa shape index (κ1) is 18.6. The van der Waals surface area contributed by atoms with Crippen LogP contribution < -0.4 is 5.32 Å². The summed E-state index contributed by atoms with van der Waals surface area (Å²) in [5, 5.41) is 2.65. The molecule has 0 aromatic heterocycles. The molecule has 25 heavy (non-hydrogen) atoms. The highest BCUT2D eigenvalue weighted by Crippen LogP contribution is 2.10. The fourth-order valence-corrected chi connectivity index (χ4v) is 2.39. The van der Waals surface area contributed by atoms with Crippen LogP contribution in [0.1, 0.15) is 18.1 Å². The highest BCUT2D eigenvalue weighted by Gasteiger charge is 2.13. The molecule has 2 amide bonds. The molecule has 0 aliphatic carbocycles. The fourth-order valence-electron chi connectivity index (χ4n) is 2.39. The summed E-state index contributed by atoms with van der Waals surface area (Å²) in [6, 6.07) is 12.3. The van der Waals surface area contributed by atoms with Gasteiger partial charge in [-0.1, -0.05) is 36.4 Å². The normalized spacial score (nSPS) is 10.4. The SMILES string of the molecule is CC(=O)N(CCNC(=O)Cc1ccccc1F)Cc1ccccc1F. The molecule has 2 aromatic rings. The Morgan fingerprint density at radius 3 is 2.08 bits per heavy atom. The molecule has 0 saturated carbocycles. The Hall–Kier alpha value is -2.76. The minimum Gasteiger partial charge on any atom is -0.354 e. The van der Waals surface area contributed by atoms with Gasteiger partial charge in [0.25, 0.3) is 0 Å². The van der Waals surface area contributed by atoms with Gasteiger partial charge in [0.15, 0.2) is 0 Å². The van der Waals surface area contributed by atoms with Gasteiger partial charge < -0.3 is 10.2 Å². The van der Waals surface area contributed by atoms with Gasteiger partial charge in [-0.2, -0.15) is 0 Å². The molecule has 1 N–H and O–H groups in total. The summed E-state index contributed by atoms with van der Waals surface area (Å²) in [6.07, 6.45) is -0.0694. The Kier molecular flexibility index (Phi) is 6.62. The number of hydrogen-bond acceptors (Lipinski definition) is 2. The minimum atomic E-state index is -0.428. The van der Waals surface area contributed by atoms with E-state index in [1.165, 1.54) is 24.0 Å². The molecule has 0 aliphatic rings. The lowest BCUT2D eigenvalue weighted by atomic mass is 10.1. The topological polar surface area (TPSA) is 49.4 Å². The summed E-state index contributed by atoms with van der Waals surface area (Å²) >= 11 is 0. The number of nitrogens with one attached hydrogen (secondary N) is 1. The molecular formula is C19H20F2N2O2. The van der Waals surface area contributed by atoms with E-state index in [1.807, 2.05) is 0 Å². The summed E-state index contributed by atoms with van der Waals surface area (Å²) in [7, 11) is 0. The van der Waals surface area contributed by atoms with Crippen molar-refractivity contribution in [2.24, 2.45) is 0 Å². The predicted octanol–water partition coefficient (Wildman–Crippen LogP) is 2.67. The maximum atomic E-state index is 13.7. The Morgan fingerprint density at radius 2 is 1.52 bits per heavy atom. The van der Waals surface area contributed by atoms with Crippen molar-refractivity contribution in [1.82, 2.24) is 10.2 Å². The van der Waals surface area contributed by atoms with Crippen LogP contribution >= 0.6 is 0 Å². The second-order valence-electron chi connectivity index (χ2n) is 5.65. The zero-order valence-corrected chi connectivity index (χ0v) is 14.0. The zero-order chi connectivity index (χ0) is 18.2. The van der Waals surface area contributed by atoms with E-state index >= 15 is 0 Å². The van der Waals surface area contributed by atoms with Gasteiger partial charge in [0.2, 0.25) is 11.8 Å². The van der Waals surface area contributed by atoms with Crippen molar-refractivity contribution >= 4 is 11.8 Å². The molecule has 0 spiro atoms. The summed E-state index contributed by atoms with van der Waals surface area (Å²) in [6.45, 7) is 1.97. The van der Waals surface area contributed by atoms with E-state index in [-0.39, 0.29) is 43.7 Å². The molecule has 0 radical (unpaired) electrons. The Bertz CT molecular complexity index is 750. The molecule has 0 atom stereocenters. The van der Waals surface area contributed by atoms with Gasteiger partial charge in [-0.05, 0) is 17.7 Å². The van der Waals surface area contributed by atoms with Gasteiger partial charge in [-0.25, -0.2) is 8.78 Å². The number of nitrogens with zero attached hydrogens (tertiary/aromatic N) is 1. The molecule has 132 valence electrons. The maximum absolute atomic E-state index is 13.7. The first-order valence-corrected chi connectivity index (χ1v) is 7.96. The summed E-state index contributed by atoms with van der Waals surface area (Å²) in [5.74, 6) is -1.36. The van der Waals surface area contributed by atoms with E-state index in [2.05, 4.69) is 5.32 Å². The zero-order valence-electron chi connectivity index (χ0n) is 14.0. The number of benzene rings is 2. The van der Waals surface area contributed by atoms with Gasteiger partial charge in [0, 0.05) is 32.1 Å². The number of carbonyl (C=O) groups excluding carboxylic acids is 2. The Balaban J connectivity index is 1.85. The molecule has 0 saturated heterocycles. The summed E-state index contributed by atoms with van der Waals surface area (Å²) < 4.78 is 27.2. The molecule has 2 aromatic carbocycles. The van der Waals surface area contributed by atoms with Gasteiger partial charge in [0.1, 0.15) is 11.6 Å². The lowest BCUT2D eigenvalue weighted by Gasteiger charge is -2.21. The van der Waals surface area contributed by atoms with Gasteiger partial charge >= 0.3 is 0 Å². The lowest BCUT2D eigenvalue weighted by Crippen LogP contribution is -2.37. The van der Waals surface area contributed by atoms with Crippen LogP contribution in [-0.4, -0.2) is 29.8 Å². The van der Waals surface area contributed by atoms with Crippen LogP contribution in [0.4, 0.5) is 8.78 Å². The third-order valence-corrected chi connectivity index (χ3v) is 3.78. The predicted molar refractivity (Wildman–Crippen MR) is 90.6 cm³/mol. The van der Waals surface area contributed by atoms with Crippen LogP contribution in [0.15, 0.2) is 48.5 Å². The molecule has 0 unspecified atom stereocenters. The number of rotatable bonds is 7. The van der Waals surface area contributed by atoms with Crippen molar-refractivity contribution in [3.8, 4) is 0 Å². The van der Waals surface area contributed by atoms with Gasteiger partial charge in [-0.3, -0.25) is 9.59 Å². The van der Waals surface area contributed by atoms with E-state index in [0.717, 1.165) is 0 Å². The van der Waals surface area contributed by atoms with Crippen LogP contribution in [0.25, 0.3) is 0 Å². The van der Waals surface area contributed by atoms with Crippen molar-refractivity contribution in [3.05, 3.63) is 71.3 Å². The standard InChI is InChI=1S/C19H20F2N2O2/c1-14(24)23(13-16-7-3-5-9-18(16)21)11-10-22-19(25)12-15-6-2-4-8-17(15)20/h2-9H,10-13H2,1H3,(H,22,25). The molecule has 4 nitrogen and oxygen atoms in total. The average molecular weight is 346 g/mol. The molecule has 2 rings (SSSR count). The van der Waals surface area contributed by atoms with Crippen molar-refractivity contribution < 1.29 is 18.4 Å². The number of carbonyl (C=O) groups is 2. The van der Waals surface area contributed by atoms with E-state index in [4.69, 9.17) is 0 Å². The molecule has 0 bridgehead atoms. The average Bonchev–Trinajstić information content (AvgIpc) is 2.57. The largest absolute Gasteiger partial charge is 0.354 e. The molecular weight excluding hydrogens is 326 g/mol. The van der Waals surface area contributed by atoms with Crippen LogP contribution in [-0.2, 0) is 22.6 Å². The smallest absolute Gasteiger partial charge is 0.224 e. The van der Waals surface area contributed by atoms with Gasteiger partial charge in [0.05, 0.1) is 6.42 Å². The van der Waals surface area contributed by atoms with E-state index in [1.54, 1.807) is 36.4 Å². The van der Waals surface area contributed by atoms with Crippen LogP contribution in [0.5, 0.6) is 0 Å². The van der Waals surface area contributed by atoms with Crippen molar-refractivity contribution in [1.29, 1.82) is 0 Å². The quantitative estimate of drug-likeness (QED) is 0.838. The molecule has 0 heterocycles. The van der Waals surface area contributed by atoms with Crippen molar-refractivity contribution in [3.63, 3.8) is 0 Å². The Labute approximate surface area is 145 Å². The van der Waals surface area contributed by atoms with Crippen LogP contribution in [0, 0.1) is 11.6 Å². The maximum Gasteiger partial charge on any atom is 0.224 e. The van der Waals surface area contributed by atoms with E-state index in [9.17, 15) is 18.4 Å². The highest BCUT2D eigenvalue weighted by molar-refractivity contribution is 5.78. The molecule has 0 fully saturated rings. The van der Waals surface area contributed by atoms with Gasteiger partial charge in [-0.15, -0.1) is 0 Å². The summed E-state index contributed by atoms with van der Waals surface area (Å²) in [4.78, 5) is 25.0. The van der Waals surface area contributed by atoms with Crippen molar-refractivity contribution in [2.75, 3.05) is 13.1 Å². The lowest BCUT2D eigenvalue weighted by molar-refractivity contribution is -0.130. The molecule has 6 heteroatoms. The third-order valence-electron chi connectivity index (χ3n) is 3.78. The third kappa shape index (κ3) is 5.67. The Morgan fingerprint density at radius 1 is 0.960 bits per heavy atom. The van der Waals surface area contributed by atoms with E-state index in [0.29, 0.717) is 11.1 Å². The minimum absolute atomic E-state index is 0.0694. The monoisotopic (exact) mass is 346 g/mol. The van der Waals surface area contributed by atoms with E-state index < -0.39 is 5.82 Å². The number of hydrogen-bond donors (Lipinski definition) is 1. The summed E-state index contributed by atoms with van der Waals surface area (Å²) in [5.41, 5.74) is 0.727. The fraction of sp³-hybridized carbons (Fsp3) is 0.263. The first-order valence-electron chi connectivity index (χ1n) is 7.96. The number of halogens is 2. The highest BCUT2D eigenvalue weighted by atomic mass is 19.1. The second-order valence-corrected chi connectivity index (χ2v) is 5.65. The second kappa shape index (κ2) is 8.92. The first-order chi connectivity index (χ1) is 12.0. The van der Waals surface area contributed by atoms with Crippen LogP contribution in [0.3, 0.4) is 0 Å². The number of amides is 2.